The van der Waals surface area contributed by atoms with Gasteiger partial charge in [-0.15, -0.1) is 11.3 Å². The fourth-order valence-electron chi connectivity index (χ4n) is 2.00. The Hall–Kier alpha value is -2.15. The lowest BCUT2D eigenvalue weighted by Crippen LogP contribution is -2.36. The van der Waals surface area contributed by atoms with Gasteiger partial charge in [-0.05, 0) is 24.5 Å². The third-order valence-corrected chi connectivity index (χ3v) is 4.21. The van der Waals surface area contributed by atoms with E-state index in [9.17, 15) is 0 Å². The summed E-state index contributed by atoms with van der Waals surface area (Å²) in [6.45, 7) is 8.39. The van der Waals surface area contributed by atoms with Crippen molar-refractivity contribution >= 4 is 17.3 Å². The Morgan fingerprint density at radius 3 is 2.88 bits per heavy atom. The third-order valence-electron chi connectivity index (χ3n) is 3.34. The minimum absolute atomic E-state index is 0.457. The first-order valence-electron chi connectivity index (χ1n) is 8.07. The second-order valence-corrected chi connectivity index (χ2v) is 6.52. The first kappa shape index (κ1) is 18.2. The lowest BCUT2D eigenvalue weighted by molar-refractivity contribution is 0.397. The number of nitrogens with one attached hydrogen (secondary N) is 2. The standard InChI is InChI=1S/C17H25N5OS/c1-5-18-17(20-9-13-6-7-19-15(8-13)23-4)21-10-16-22-14(11-24-16)12(2)3/h6-8,11-12H,5,9-10H2,1-4H3,(H2,18,20,21). The van der Waals surface area contributed by atoms with Crippen molar-refractivity contribution < 1.29 is 4.74 Å². The molecule has 0 saturated carbocycles. The maximum absolute atomic E-state index is 5.14. The molecule has 0 radical (unpaired) electrons. The highest BCUT2D eigenvalue weighted by Crippen LogP contribution is 2.17. The van der Waals surface area contributed by atoms with Crippen molar-refractivity contribution in [1.29, 1.82) is 0 Å². The second-order valence-electron chi connectivity index (χ2n) is 5.58. The van der Waals surface area contributed by atoms with Crippen molar-refractivity contribution in [1.82, 2.24) is 20.6 Å². The van der Waals surface area contributed by atoms with Crippen LogP contribution in [0.5, 0.6) is 5.88 Å². The Bertz CT molecular complexity index is 669. The van der Waals surface area contributed by atoms with Crippen LogP contribution in [0.3, 0.4) is 0 Å². The maximum Gasteiger partial charge on any atom is 0.213 e. The first-order valence-corrected chi connectivity index (χ1v) is 8.95. The van der Waals surface area contributed by atoms with E-state index in [2.05, 4.69) is 44.8 Å². The van der Waals surface area contributed by atoms with Crippen LogP contribution in [0.25, 0.3) is 0 Å². The summed E-state index contributed by atoms with van der Waals surface area (Å²) in [5.41, 5.74) is 2.19. The van der Waals surface area contributed by atoms with Crippen LogP contribution < -0.4 is 15.4 Å². The molecule has 7 heteroatoms. The number of hydrogen-bond acceptors (Lipinski definition) is 5. The van der Waals surface area contributed by atoms with Gasteiger partial charge < -0.3 is 15.4 Å². The van der Waals surface area contributed by atoms with Crippen LogP contribution in [-0.2, 0) is 13.1 Å². The maximum atomic E-state index is 5.14. The van der Waals surface area contributed by atoms with Gasteiger partial charge in [0.05, 0.1) is 25.9 Å². The van der Waals surface area contributed by atoms with Crippen molar-refractivity contribution in [2.45, 2.75) is 39.8 Å². The van der Waals surface area contributed by atoms with Crippen molar-refractivity contribution in [3.8, 4) is 5.88 Å². The Kier molecular flexibility index (Phi) is 6.99. The average molecular weight is 347 g/mol. The molecule has 0 aliphatic heterocycles. The monoisotopic (exact) mass is 347 g/mol. The van der Waals surface area contributed by atoms with E-state index < -0.39 is 0 Å². The van der Waals surface area contributed by atoms with Crippen molar-refractivity contribution in [2.24, 2.45) is 4.99 Å². The molecule has 130 valence electrons. The van der Waals surface area contributed by atoms with Crippen molar-refractivity contribution in [3.05, 3.63) is 40.0 Å². The van der Waals surface area contributed by atoms with E-state index in [4.69, 9.17) is 4.74 Å². The van der Waals surface area contributed by atoms with E-state index in [-0.39, 0.29) is 0 Å². The number of thiazole rings is 1. The number of nitrogens with zero attached hydrogens (tertiary/aromatic N) is 3. The van der Waals surface area contributed by atoms with E-state index in [0.29, 0.717) is 24.9 Å². The summed E-state index contributed by atoms with van der Waals surface area (Å²) in [5, 5.41) is 9.76. The minimum Gasteiger partial charge on any atom is -0.481 e. The van der Waals surface area contributed by atoms with Gasteiger partial charge in [0.25, 0.3) is 0 Å². The van der Waals surface area contributed by atoms with Crippen LogP contribution >= 0.6 is 11.3 Å². The number of methoxy groups -OCH3 is 1. The molecule has 0 aromatic carbocycles. The van der Waals surface area contributed by atoms with E-state index in [1.54, 1.807) is 24.6 Å². The van der Waals surface area contributed by atoms with Gasteiger partial charge in [0.2, 0.25) is 5.88 Å². The minimum atomic E-state index is 0.457. The predicted octanol–water partition coefficient (Wildman–Crippen LogP) is 2.93. The number of rotatable bonds is 7. The molecule has 0 saturated heterocycles. The van der Waals surface area contributed by atoms with Crippen LogP contribution in [0, 0.1) is 0 Å². The molecule has 2 aromatic rings. The average Bonchev–Trinajstić information content (AvgIpc) is 3.07. The molecular weight excluding hydrogens is 322 g/mol. The summed E-state index contributed by atoms with van der Waals surface area (Å²) in [7, 11) is 1.61. The molecular formula is C17H25N5OS. The molecule has 2 N–H and O–H groups in total. The first-order chi connectivity index (χ1) is 11.6. The van der Waals surface area contributed by atoms with Crippen LogP contribution in [0.4, 0.5) is 0 Å². The van der Waals surface area contributed by atoms with Crippen molar-refractivity contribution in [2.75, 3.05) is 13.7 Å². The van der Waals surface area contributed by atoms with Gasteiger partial charge in [-0.25, -0.2) is 15.0 Å². The Morgan fingerprint density at radius 2 is 2.21 bits per heavy atom. The van der Waals surface area contributed by atoms with E-state index >= 15 is 0 Å². The molecule has 0 aliphatic rings. The van der Waals surface area contributed by atoms with E-state index in [0.717, 1.165) is 28.8 Å². The normalized spacial score (nSPS) is 11.6. The highest BCUT2D eigenvalue weighted by molar-refractivity contribution is 7.09. The molecule has 2 rings (SSSR count). The Labute approximate surface area is 147 Å². The summed E-state index contributed by atoms with van der Waals surface area (Å²) in [6, 6.07) is 3.83. The SMILES string of the molecule is CCNC(=NCc1ccnc(OC)c1)NCc1nc(C(C)C)cs1. The molecule has 0 unspecified atom stereocenters. The fourth-order valence-corrected chi connectivity index (χ4v) is 2.90. The van der Waals surface area contributed by atoms with Gasteiger partial charge in [0, 0.05) is 24.2 Å². The Balaban J connectivity index is 1.96. The zero-order valence-corrected chi connectivity index (χ0v) is 15.5. The fraction of sp³-hybridized carbons (Fsp3) is 0.471. The van der Waals surface area contributed by atoms with Gasteiger partial charge >= 0.3 is 0 Å². The second kappa shape index (κ2) is 9.22. The number of pyridine rings is 1. The van der Waals surface area contributed by atoms with Crippen LogP contribution in [-0.4, -0.2) is 29.6 Å². The molecule has 6 nitrogen and oxygen atoms in total. The van der Waals surface area contributed by atoms with Crippen LogP contribution in [0.15, 0.2) is 28.7 Å². The molecule has 0 fully saturated rings. The summed E-state index contributed by atoms with van der Waals surface area (Å²) < 4.78 is 5.14. The molecule has 2 aromatic heterocycles. The smallest absolute Gasteiger partial charge is 0.213 e. The molecule has 0 aliphatic carbocycles. The number of aliphatic imine (C=N–C) groups is 1. The Morgan fingerprint density at radius 1 is 1.38 bits per heavy atom. The number of guanidine groups is 1. The molecule has 2 heterocycles. The summed E-state index contributed by atoms with van der Waals surface area (Å²) in [6.07, 6.45) is 1.73. The lowest BCUT2D eigenvalue weighted by atomic mass is 10.2. The molecule has 0 bridgehead atoms. The number of ether oxygens (including phenoxy) is 1. The lowest BCUT2D eigenvalue weighted by Gasteiger charge is -2.10. The van der Waals surface area contributed by atoms with Crippen molar-refractivity contribution in [3.63, 3.8) is 0 Å². The van der Waals surface area contributed by atoms with Crippen LogP contribution in [0.2, 0.25) is 0 Å². The van der Waals surface area contributed by atoms with Gasteiger partial charge in [-0.2, -0.15) is 0 Å². The van der Waals surface area contributed by atoms with Gasteiger partial charge in [0.1, 0.15) is 5.01 Å². The third kappa shape index (κ3) is 5.49. The van der Waals surface area contributed by atoms with Gasteiger partial charge in [-0.1, -0.05) is 13.8 Å². The zero-order chi connectivity index (χ0) is 17.4. The highest BCUT2D eigenvalue weighted by Gasteiger charge is 2.06. The summed E-state index contributed by atoms with van der Waals surface area (Å²) >= 11 is 1.68. The molecule has 0 atom stereocenters. The largest absolute Gasteiger partial charge is 0.481 e. The van der Waals surface area contributed by atoms with E-state index in [1.807, 2.05) is 19.1 Å². The number of hydrogen-bond donors (Lipinski definition) is 2. The molecule has 0 spiro atoms. The highest BCUT2D eigenvalue weighted by atomic mass is 32.1. The predicted molar refractivity (Wildman–Crippen MR) is 98.6 cm³/mol. The number of aromatic nitrogens is 2. The zero-order valence-electron chi connectivity index (χ0n) is 14.7. The molecule has 0 amide bonds. The van der Waals surface area contributed by atoms with Gasteiger partial charge in [-0.3, -0.25) is 0 Å². The summed E-state index contributed by atoms with van der Waals surface area (Å²) in [4.78, 5) is 13.3. The van der Waals surface area contributed by atoms with Gasteiger partial charge in [0.15, 0.2) is 5.96 Å². The quantitative estimate of drug-likeness (QED) is 0.595. The summed E-state index contributed by atoms with van der Waals surface area (Å²) in [5.74, 6) is 1.83. The molecule has 24 heavy (non-hydrogen) atoms. The topological polar surface area (TPSA) is 71.4 Å². The van der Waals surface area contributed by atoms with E-state index in [1.165, 1.54) is 0 Å². The van der Waals surface area contributed by atoms with Crippen LogP contribution in [0.1, 0.15) is 43.0 Å².